The third kappa shape index (κ3) is 2.84. The van der Waals surface area contributed by atoms with Gasteiger partial charge < -0.3 is 9.30 Å². The molecule has 0 radical (unpaired) electrons. The molecule has 0 bridgehead atoms. The number of aryl methyl sites for hydroxylation is 2. The highest BCUT2D eigenvalue weighted by molar-refractivity contribution is 5.33. The average molecular weight is 330 g/mol. The molecule has 0 N–H and O–H groups in total. The van der Waals surface area contributed by atoms with Gasteiger partial charge in [-0.2, -0.15) is 0 Å². The molecule has 1 aromatic heterocycles. The standard InChI is InChI=1S/C18H23FN4O/c1-2-22-12-20-21-18(22)17-11-23(8-9-24-17)16-5-3-4-13-6-7-14(19)10-15(13)16/h6-7,10,12,16-17H,2-5,8-9,11H2,1H3/t16-,17+/m1/s1. The number of fused-ring (bicyclic) bond motifs is 1. The van der Waals surface area contributed by atoms with Gasteiger partial charge in [0.2, 0.25) is 0 Å². The van der Waals surface area contributed by atoms with Gasteiger partial charge in [-0.3, -0.25) is 4.90 Å². The summed E-state index contributed by atoms with van der Waals surface area (Å²) in [5.74, 6) is 0.744. The normalized spacial score (nSPS) is 24.8. The lowest BCUT2D eigenvalue weighted by Crippen LogP contribution is -2.42. The highest BCUT2D eigenvalue weighted by atomic mass is 19.1. The van der Waals surface area contributed by atoms with Crippen LogP contribution in [0.15, 0.2) is 24.5 Å². The summed E-state index contributed by atoms with van der Waals surface area (Å²) < 4.78 is 21.8. The summed E-state index contributed by atoms with van der Waals surface area (Å²) in [6.07, 6.45) is 4.95. The first-order valence-electron chi connectivity index (χ1n) is 8.78. The van der Waals surface area contributed by atoms with Gasteiger partial charge in [-0.15, -0.1) is 10.2 Å². The van der Waals surface area contributed by atoms with E-state index < -0.39 is 0 Å². The number of nitrogens with zero attached hydrogens (tertiary/aromatic N) is 4. The summed E-state index contributed by atoms with van der Waals surface area (Å²) in [4.78, 5) is 2.43. The number of morpholine rings is 1. The molecule has 2 heterocycles. The molecule has 4 rings (SSSR count). The van der Waals surface area contributed by atoms with Crippen molar-refractivity contribution in [1.29, 1.82) is 0 Å². The van der Waals surface area contributed by atoms with E-state index in [0.29, 0.717) is 6.61 Å². The van der Waals surface area contributed by atoms with Crippen molar-refractivity contribution in [1.82, 2.24) is 19.7 Å². The molecule has 2 aromatic rings. The summed E-state index contributed by atoms with van der Waals surface area (Å²) in [5, 5.41) is 8.27. The van der Waals surface area contributed by atoms with Crippen LogP contribution in [0.5, 0.6) is 0 Å². The molecule has 1 aromatic carbocycles. The van der Waals surface area contributed by atoms with Crippen molar-refractivity contribution in [2.75, 3.05) is 19.7 Å². The first-order chi connectivity index (χ1) is 11.8. The van der Waals surface area contributed by atoms with Gasteiger partial charge in [0.1, 0.15) is 18.2 Å². The minimum atomic E-state index is -0.142. The van der Waals surface area contributed by atoms with Gasteiger partial charge in [-0.1, -0.05) is 6.07 Å². The minimum absolute atomic E-state index is 0.0693. The Hall–Kier alpha value is -1.79. The largest absolute Gasteiger partial charge is 0.368 e. The molecule has 2 atom stereocenters. The van der Waals surface area contributed by atoms with E-state index in [4.69, 9.17) is 4.74 Å². The minimum Gasteiger partial charge on any atom is -0.368 e. The second-order valence-electron chi connectivity index (χ2n) is 6.58. The second kappa shape index (κ2) is 6.61. The summed E-state index contributed by atoms with van der Waals surface area (Å²) >= 11 is 0. The second-order valence-corrected chi connectivity index (χ2v) is 6.58. The first kappa shape index (κ1) is 15.7. The number of aromatic nitrogens is 3. The van der Waals surface area contributed by atoms with Crippen LogP contribution in [-0.4, -0.2) is 39.4 Å². The molecule has 1 aliphatic heterocycles. The van der Waals surface area contributed by atoms with Crippen molar-refractivity contribution in [2.45, 2.75) is 44.9 Å². The number of benzene rings is 1. The van der Waals surface area contributed by atoms with Gasteiger partial charge in [-0.25, -0.2) is 4.39 Å². The number of halogens is 1. The molecule has 0 unspecified atom stereocenters. The molecule has 1 aliphatic carbocycles. The number of hydrogen-bond acceptors (Lipinski definition) is 4. The quantitative estimate of drug-likeness (QED) is 0.868. The Morgan fingerprint density at radius 2 is 2.29 bits per heavy atom. The molecule has 0 saturated carbocycles. The first-order valence-corrected chi connectivity index (χ1v) is 8.78. The molecule has 1 saturated heterocycles. The molecule has 5 nitrogen and oxygen atoms in total. The van der Waals surface area contributed by atoms with Crippen LogP contribution in [0.3, 0.4) is 0 Å². The maximum Gasteiger partial charge on any atom is 0.163 e. The van der Waals surface area contributed by atoms with Gasteiger partial charge in [0.15, 0.2) is 5.82 Å². The Kier molecular flexibility index (Phi) is 4.33. The average Bonchev–Trinajstić information content (AvgIpc) is 3.10. The third-order valence-corrected chi connectivity index (χ3v) is 5.20. The van der Waals surface area contributed by atoms with Gasteiger partial charge in [-0.05, 0) is 49.4 Å². The Morgan fingerprint density at radius 1 is 1.38 bits per heavy atom. The van der Waals surface area contributed by atoms with E-state index >= 15 is 0 Å². The summed E-state index contributed by atoms with van der Waals surface area (Å²) in [7, 11) is 0. The molecule has 2 aliphatic rings. The van der Waals surface area contributed by atoms with Crippen LogP contribution < -0.4 is 0 Å². The van der Waals surface area contributed by atoms with Crippen molar-refractivity contribution < 1.29 is 9.13 Å². The number of rotatable bonds is 3. The van der Waals surface area contributed by atoms with E-state index in [1.54, 1.807) is 18.5 Å². The van der Waals surface area contributed by atoms with E-state index in [1.807, 2.05) is 10.6 Å². The number of ether oxygens (including phenoxy) is 1. The fourth-order valence-electron chi connectivity index (χ4n) is 3.99. The van der Waals surface area contributed by atoms with Crippen LogP contribution in [0, 0.1) is 5.82 Å². The maximum atomic E-state index is 13.8. The Balaban J connectivity index is 1.58. The topological polar surface area (TPSA) is 43.2 Å². The van der Waals surface area contributed by atoms with Crippen LogP contribution in [0.4, 0.5) is 4.39 Å². The van der Waals surface area contributed by atoms with Crippen molar-refractivity contribution in [2.24, 2.45) is 0 Å². The SMILES string of the molecule is CCn1cnnc1[C@@H]1CN([C@@H]2CCCc3ccc(F)cc32)CCO1. The van der Waals surface area contributed by atoms with Crippen molar-refractivity contribution >= 4 is 0 Å². The van der Waals surface area contributed by atoms with Gasteiger partial charge in [0, 0.05) is 25.7 Å². The summed E-state index contributed by atoms with van der Waals surface area (Å²) in [6.45, 7) is 5.23. The van der Waals surface area contributed by atoms with Crippen molar-refractivity contribution in [3.63, 3.8) is 0 Å². The zero-order valence-corrected chi connectivity index (χ0v) is 14.0. The fraction of sp³-hybridized carbons (Fsp3) is 0.556. The molecule has 24 heavy (non-hydrogen) atoms. The Bertz CT molecular complexity index is 717. The van der Waals surface area contributed by atoms with Crippen LogP contribution in [0.1, 0.15) is 48.9 Å². The fourth-order valence-corrected chi connectivity index (χ4v) is 3.99. The number of hydrogen-bond donors (Lipinski definition) is 0. The van der Waals surface area contributed by atoms with E-state index in [9.17, 15) is 4.39 Å². The molecular weight excluding hydrogens is 307 g/mol. The zero-order valence-electron chi connectivity index (χ0n) is 14.0. The van der Waals surface area contributed by atoms with E-state index in [-0.39, 0.29) is 18.0 Å². The lowest BCUT2D eigenvalue weighted by molar-refractivity contribution is -0.0533. The predicted octanol–water partition coefficient (Wildman–Crippen LogP) is 2.89. The van der Waals surface area contributed by atoms with Crippen LogP contribution in [0.25, 0.3) is 0 Å². The molecule has 6 heteroatoms. The highest BCUT2D eigenvalue weighted by Gasteiger charge is 2.32. The van der Waals surface area contributed by atoms with E-state index in [0.717, 1.165) is 50.3 Å². The van der Waals surface area contributed by atoms with Crippen molar-refractivity contribution in [3.8, 4) is 0 Å². The molecule has 128 valence electrons. The van der Waals surface area contributed by atoms with E-state index in [1.165, 1.54) is 5.56 Å². The van der Waals surface area contributed by atoms with Crippen LogP contribution in [0.2, 0.25) is 0 Å². The Labute approximate surface area is 141 Å². The Morgan fingerprint density at radius 3 is 3.17 bits per heavy atom. The van der Waals surface area contributed by atoms with Crippen molar-refractivity contribution in [3.05, 3.63) is 47.3 Å². The lowest BCUT2D eigenvalue weighted by Gasteiger charge is -2.40. The maximum absolute atomic E-state index is 13.8. The predicted molar refractivity (Wildman–Crippen MR) is 88.0 cm³/mol. The van der Waals surface area contributed by atoms with Crippen LogP contribution >= 0.6 is 0 Å². The van der Waals surface area contributed by atoms with Crippen LogP contribution in [-0.2, 0) is 17.7 Å². The summed E-state index contributed by atoms with van der Waals surface area (Å²) in [5.41, 5.74) is 2.44. The van der Waals surface area contributed by atoms with E-state index in [2.05, 4.69) is 22.0 Å². The summed E-state index contributed by atoms with van der Waals surface area (Å²) in [6, 6.07) is 5.52. The van der Waals surface area contributed by atoms with Gasteiger partial charge >= 0.3 is 0 Å². The lowest BCUT2D eigenvalue weighted by atomic mass is 9.86. The molecule has 1 fully saturated rings. The highest BCUT2D eigenvalue weighted by Crippen LogP contribution is 2.37. The zero-order chi connectivity index (χ0) is 16.5. The monoisotopic (exact) mass is 330 g/mol. The van der Waals surface area contributed by atoms with Gasteiger partial charge in [0.05, 0.1) is 6.61 Å². The molecule has 0 amide bonds. The van der Waals surface area contributed by atoms with Gasteiger partial charge in [0.25, 0.3) is 0 Å². The third-order valence-electron chi connectivity index (χ3n) is 5.20. The molecular formula is C18H23FN4O. The molecule has 0 spiro atoms. The smallest absolute Gasteiger partial charge is 0.163 e.